The Balaban J connectivity index is 1.94. The average molecular weight is 248 g/mol. The van der Waals surface area contributed by atoms with Crippen LogP contribution in [-0.4, -0.2) is 49.5 Å². The van der Waals surface area contributed by atoms with Crippen LogP contribution in [0, 0.1) is 0 Å². The predicted molar refractivity (Wildman–Crippen MR) is 70.5 cm³/mol. The van der Waals surface area contributed by atoms with E-state index in [1.54, 1.807) is 12.0 Å². The molecule has 1 aromatic carbocycles. The molecular weight excluding hydrogens is 228 g/mol. The minimum atomic E-state index is 0.238. The van der Waals surface area contributed by atoms with Gasteiger partial charge in [0.15, 0.2) is 0 Å². The summed E-state index contributed by atoms with van der Waals surface area (Å²) in [5, 5.41) is 0. The third kappa shape index (κ3) is 2.82. The third-order valence-corrected chi connectivity index (χ3v) is 3.53. The van der Waals surface area contributed by atoms with Gasteiger partial charge in [-0.1, -0.05) is 12.1 Å². The Morgan fingerprint density at radius 1 is 1.39 bits per heavy atom. The average Bonchev–Trinajstić information content (AvgIpc) is 2.71. The van der Waals surface area contributed by atoms with E-state index in [9.17, 15) is 4.79 Å². The summed E-state index contributed by atoms with van der Waals surface area (Å²) < 4.78 is 5.14. The molecule has 0 radical (unpaired) electrons. The molecule has 1 saturated heterocycles. The van der Waals surface area contributed by atoms with Crippen molar-refractivity contribution in [2.24, 2.45) is 0 Å². The van der Waals surface area contributed by atoms with Crippen molar-refractivity contribution in [3.8, 4) is 5.75 Å². The highest BCUT2D eigenvalue weighted by Crippen LogP contribution is 2.18. The van der Waals surface area contributed by atoms with Crippen LogP contribution in [0.1, 0.15) is 12.0 Å². The molecule has 4 heteroatoms. The minimum absolute atomic E-state index is 0.238. The predicted octanol–water partition coefficient (Wildman–Crippen LogP) is 1.36. The second-order valence-electron chi connectivity index (χ2n) is 4.90. The van der Waals surface area contributed by atoms with Gasteiger partial charge in [0, 0.05) is 32.6 Å². The van der Waals surface area contributed by atoms with Crippen molar-refractivity contribution in [3.63, 3.8) is 0 Å². The molecule has 2 rings (SSSR count). The van der Waals surface area contributed by atoms with Gasteiger partial charge in [-0.2, -0.15) is 0 Å². The lowest BCUT2D eigenvalue weighted by Gasteiger charge is -2.23. The first-order valence-electron chi connectivity index (χ1n) is 6.17. The molecule has 4 nitrogen and oxygen atoms in total. The Bertz CT molecular complexity index is 416. The Morgan fingerprint density at radius 2 is 2.06 bits per heavy atom. The number of rotatable bonds is 4. The number of nitrogens with zero attached hydrogens (tertiary/aromatic N) is 2. The number of likely N-dealkylation sites (tertiary alicyclic amines) is 1. The second kappa shape index (κ2) is 5.40. The fraction of sp³-hybridized carbons (Fsp3) is 0.500. The van der Waals surface area contributed by atoms with Crippen LogP contribution in [0.5, 0.6) is 5.75 Å². The van der Waals surface area contributed by atoms with Crippen molar-refractivity contribution in [3.05, 3.63) is 29.8 Å². The molecule has 1 unspecified atom stereocenters. The zero-order valence-corrected chi connectivity index (χ0v) is 11.2. The van der Waals surface area contributed by atoms with E-state index in [-0.39, 0.29) is 5.91 Å². The Labute approximate surface area is 108 Å². The van der Waals surface area contributed by atoms with Crippen LogP contribution in [0.2, 0.25) is 0 Å². The van der Waals surface area contributed by atoms with Crippen LogP contribution in [0.3, 0.4) is 0 Å². The number of ether oxygens (including phenoxy) is 1. The van der Waals surface area contributed by atoms with Gasteiger partial charge in [0.2, 0.25) is 5.91 Å². The van der Waals surface area contributed by atoms with Crippen LogP contribution >= 0.6 is 0 Å². The molecule has 1 heterocycles. The van der Waals surface area contributed by atoms with E-state index >= 15 is 0 Å². The van der Waals surface area contributed by atoms with Gasteiger partial charge in [-0.15, -0.1) is 0 Å². The fourth-order valence-electron chi connectivity index (χ4n) is 2.28. The molecule has 0 N–H and O–H groups in total. The first-order valence-corrected chi connectivity index (χ1v) is 6.17. The minimum Gasteiger partial charge on any atom is -0.497 e. The molecule has 1 aliphatic rings. The molecule has 0 spiro atoms. The highest BCUT2D eigenvalue weighted by atomic mass is 16.5. The van der Waals surface area contributed by atoms with E-state index in [1.807, 2.05) is 19.2 Å². The van der Waals surface area contributed by atoms with E-state index in [2.05, 4.69) is 24.1 Å². The molecule has 0 saturated carbocycles. The zero-order valence-electron chi connectivity index (χ0n) is 11.2. The maximum atomic E-state index is 11.5. The van der Waals surface area contributed by atoms with Crippen molar-refractivity contribution >= 4 is 5.91 Å². The van der Waals surface area contributed by atoms with Gasteiger partial charge in [0.05, 0.1) is 7.11 Å². The largest absolute Gasteiger partial charge is 0.497 e. The van der Waals surface area contributed by atoms with Crippen LogP contribution < -0.4 is 4.74 Å². The normalized spacial score (nSPS) is 19.7. The van der Waals surface area contributed by atoms with Gasteiger partial charge in [-0.25, -0.2) is 0 Å². The SMILES string of the molecule is COc1ccc(CN(C)C2CC(=O)N(C)C2)cc1. The van der Waals surface area contributed by atoms with E-state index in [1.165, 1.54) is 5.56 Å². The monoisotopic (exact) mass is 248 g/mol. The van der Waals surface area contributed by atoms with Crippen LogP contribution in [-0.2, 0) is 11.3 Å². The summed E-state index contributed by atoms with van der Waals surface area (Å²) in [5.74, 6) is 1.11. The Kier molecular flexibility index (Phi) is 3.87. The molecule has 1 aliphatic heterocycles. The molecular formula is C14H20N2O2. The van der Waals surface area contributed by atoms with Crippen molar-refractivity contribution in [1.82, 2.24) is 9.80 Å². The van der Waals surface area contributed by atoms with Crippen LogP contribution in [0.4, 0.5) is 0 Å². The topological polar surface area (TPSA) is 32.8 Å². The summed E-state index contributed by atoms with van der Waals surface area (Å²) in [6.45, 7) is 1.68. The highest BCUT2D eigenvalue weighted by molar-refractivity contribution is 5.78. The van der Waals surface area contributed by atoms with Crippen molar-refractivity contribution in [1.29, 1.82) is 0 Å². The molecule has 98 valence electrons. The number of likely N-dealkylation sites (N-methyl/N-ethyl adjacent to an activating group) is 2. The highest BCUT2D eigenvalue weighted by Gasteiger charge is 2.29. The van der Waals surface area contributed by atoms with Crippen LogP contribution in [0.15, 0.2) is 24.3 Å². The lowest BCUT2D eigenvalue weighted by Crippen LogP contribution is -2.33. The van der Waals surface area contributed by atoms with Gasteiger partial charge < -0.3 is 9.64 Å². The first-order chi connectivity index (χ1) is 8.60. The summed E-state index contributed by atoms with van der Waals surface area (Å²) in [6, 6.07) is 8.39. The summed E-state index contributed by atoms with van der Waals surface area (Å²) >= 11 is 0. The molecule has 0 bridgehead atoms. The lowest BCUT2D eigenvalue weighted by atomic mass is 10.1. The maximum Gasteiger partial charge on any atom is 0.224 e. The number of amides is 1. The van der Waals surface area contributed by atoms with Crippen molar-refractivity contribution in [2.75, 3.05) is 27.7 Å². The second-order valence-corrected chi connectivity index (χ2v) is 4.90. The molecule has 18 heavy (non-hydrogen) atoms. The zero-order chi connectivity index (χ0) is 13.1. The van der Waals surface area contributed by atoms with E-state index in [4.69, 9.17) is 4.74 Å². The van der Waals surface area contributed by atoms with Gasteiger partial charge in [-0.05, 0) is 24.7 Å². The summed E-state index contributed by atoms with van der Waals surface area (Å²) in [4.78, 5) is 15.5. The number of methoxy groups -OCH3 is 1. The Morgan fingerprint density at radius 3 is 2.56 bits per heavy atom. The van der Waals surface area contributed by atoms with Gasteiger partial charge >= 0.3 is 0 Å². The van der Waals surface area contributed by atoms with E-state index in [0.717, 1.165) is 18.8 Å². The van der Waals surface area contributed by atoms with Gasteiger partial charge in [-0.3, -0.25) is 9.69 Å². The summed E-state index contributed by atoms with van der Waals surface area (Å²) in [7, 11) is 5.60. The summed E-state index contributed by atoms with van der Waals surface area (Å²) in [6.07, 6.45) is 0.628. The summed E-state index contributed by atoms with van der Waals surface area (Å²) in [5.41, 5.74) is 1.24. The van der Waals surface area contributed by atoms with Crippen LogP contribution in [0.25, 0.3) is 0 Å². The van der Waals surface area contributed by atoms with Crippen molar-refractivity contribution in [2.45, 2.75) is 19.0 Å². The first kappa shape index (κ1) is 12.9. The smallest absolute Gasteiger partial charge is 0.224 e. The quantitative estimate of drug-likeness (QED) is 0.806. The van der Waals surface area contributed by atoms with E-state index in [0.29, 0.717) is 12.5 Å². The number of hydrogen-bond donors (Lipinski definition) is 0. The number of benzene rings is 1. The molecule has 0 aromatic heterocycles. The number of hydrogen-bond acceptors (Lipinski definition) is 3. The fourth-order valence-corrected chi connectivity index (χ4v) is 2.28. The van der Waals surface area contributed by atoms with Gasteiger partial charge in [0.25, 0.3) is 0 Å². The third-order valence-electron chi connectivity index (χ3n) is 3.53. The van der Waals surface area contributed by atoms with Crippen molar-refractivity contribution < 1.29 is 9.53 Å². The van der Waals surface area contributed by atoms with E-state index < -0.39 is 0 Å². The molecule has 1 amide bonds. The molecule has 1 fully saturated rings. The lowest BCUT2D eigenvalue weighted by molar-refractivity contribution is -0.126. The molecule has 1 aromatic rings. The Hall–Kier alpha value is -1.55. The van der Waals surface area contributed by atoms with Gasteiger partial charge in [0.1, 0.15) is 5.75 Å². The standard InChI is InChI=1S/C14H20N2O2/c1-15(12-8-14(17)16(2)10-12)9-11-4-6-13(18-3)7-5-11/h4-7,12H,8-10H2,1-3H3. The maximum absolute atomic E-state index is 11.5. The molecule has 1 atom stereocenters. The number of carbonyl (C=O) groups excluding carboxylic acids is 1. The number of carbonyl (C=O) groups is 1. The molecule has 0 aliphatic carbocycles.